The first-order chi connectivity index (χ1) is 22.2. The fourth-order valence-electron chi connectivity index (χ4n) is 5.74. The molecular weight excluding hydrogens is 618 g/mol. The predicted molar refractivity (Wildman–Crippen MR) is 191 cm³/mol. The fraction of sp³-hybridized carbons (Fsp3) is 0.778. The van der Waals surface area contributed by atoms with E-state index in [1.165, 1.54) is 0 Å². The summed E-state index contributed by atoms with van der Waals surface area (Å²) in [4.78, 5) is 28.8. The van der Waals surface area contributed by atoms with Gasteiger partial charge >= 0.3 is 6.09 Å². The first kappa shape index (κ1) is 41.0. The van der Waals surface area contributed by atoms with Gasteiger partial charge in [-0.25, -0.2) is 4.79 Å². The van der Waals surface area contributed by atoms with Crippen molar-refractivity contribution in [1.29, 1.82) is 0 Å². The van der Waals surface area contributed by atoms with Crippen molar-refractivity contribution in [2.75, 3.05) is 65.1 Å². The highest BCUT2D eigenvalue weighted by Gasteiger charge is 2.33. The summed E-state index contributed by atoms with van der Waals surface area (Å²) >= 11 is 1.97. The molecule has 1 aliphatic rings. The minimum atomic E-state index is -0.948. The number of aliphatic hydroxyl groups is 1. The highest BCUT2D eigenvalue weighted by molar-refractivity contribution is 7.99. The van der Waals surface area contributed by atoms with Crippen LogP contribution in [0.1, 0.15) is 73.3 Å². The Labute approximate surface area is 288 Å². The van der Waals surface area contributed by atoms with Crippen LogP contribution in [0.2, 0.25) is 0 Å². The van der Waals surface area contributed by atoms with E-state index in [9.17, 15) is 14.7 Å². The molecule has 1 heterocycles. The minimum Gasteiger partial charge on any atom is -0.493 e. The topological polar surface area (TPSA) is 119 Å². The number of amides is 2. The van der Waals surface area contributed by atoms with Crippen molar-refractivity contribution in [3.63, 3.8) is 0 Å². The zero-order chi connectivity index (χ0) is 35.0. The number of rotatable bonds is 20. The monoisotopic (exact) mass is 681 g/mol. The van der Waals surface area contributed by atoms with Gasteiger partial charge in [0.15, 0.2) is 11.5 Å². The zero-order valence-electron chi connectivity index (χ0n) is 30.4. The van der Waals surface area contributed by atoms with E-state index in [4.69, 9.17) is 18.9 Å². The standard InChI is InChI=1S/C36H63N3O7S/c1-25(2)28(21-27-11-12-32(44-9)33(22-27)45-18-10-17-43-8)23-30(38-35(42)46-36(5,6)7)31(40)24-29(26(3)4)34(41)37-13-14-39-15-19-47-20-16-39/h11-12,22,25-26,28-31,40H,10,13-21,23-24H2,1-9H3,(H,37,41)(H,38,42)/t28-,29-,30-,31-/m0/s1. The Morgan fingerprint density at radius 1 is 1.00 bits per heavy atom. The molecule has 10 nitrogen and oxygen atoms in total. The van der Waals surface area contributed by atoms with Gasteiger partial charge < -0.3 is 34.7 Å². The average molecular weight is 682 g/mol. The summed E-state index contributed by atoms with van der Waals surface area (Å²) in [5.74, 6) is 3.50. The Morgan fingerprint density at radius 2 is 1.70 bits per heavy atom. The van der Waals surface area contributed by atoms with Gasteiger partial charge in [-0.2, -0.15) is 11.8 Å². The molecule has 0 aliphatic carbocycles. The number of nitrogens with one attached hydrogen (secondary N) is 2. The number of benzene rings is 1. The number of methoxy groups -OCH3 is 2. The van der Waals surface area contributed by atoms with Gasteiger partial charge in [-0.15, -0.1) is 0 Å². The van der Waals surface area contributed by atoms with Crippen LogP contribution < -0.4 is 20.1 Å². The molecule has 0 saturated carbocycles. The molecule has 4 atom stereocenters. The summed E-state index contributed by atoms with van der Waals surface area (Å²) in [6.07, 6.45) is 0.687. The maximum Gasteiger partial charge on any atom is 0.407 e. The number of carbonyl (C=O) groups excluding carboxylic acids is 2. The number of nitrogens with zero attached hydrogens (tertiary/aromatic N) is 1. The van der Waals surface area contributed by atoms with Crippen molar-refractivity contribution in [2.45, 2.75) is 91.9 Å². The molecule has 2 rings (SSSR count). The van der Waals surface area contributed by atoms with Gasteiger partial charge in [0, 0.05) is 63.7 Å². The third kappa shape index (κ3) is 15.7. The van der Waals surface area contributed by atoms with Crippen LogP contribution in [0.3, 0.4) is 0 Å². The maximum absolute atomic E-state index is 13.4. The first-order valence-electron chi connectivity index (χ1n) is 17.3. The third-order valence-corrected chi connectivity index (χ3v) is 9.55. The van der Waals surface area contributed by atoms with E-state index in [0.717, 1.165) is 43.1 Å². The number of aliphatic hydroxyl groups excluding tert-OH is 1. The second-order valence-corrected chi connectivity index (χ2v) is 15.5. The molecule has 3 N–H and O–H groups in total. The molecular formula is C36H63N3O7S. The first-order valence-corrected chi connectivity index (χ1v) is 18.4. The molecule has 0 bridgehead atoms. The molecule has 270 valence electrons. The molecule has 1 aromatic carbocycles. The van der Waals surface area contributed by atoms with Crippen LogP contribution in [0.4, 0.5) is 4.79 Å². The van der Waals surface area contributed by atoms with Crippen molar-refractivity contribution in [3.8, 4) is 11.5 Å². The largest absolute Gasteiger partial charge is 0.493 e. The minimum absolute atomic E-state index is 0.0146. The third-order valence-electron chi connectivity index (χ3n) is 8.61. The van der Waals surface area contributed by atoms with Crippen LogP contribution in [0.25, 0.3) is 0 Å². The summed E-state index contributed by atoms with van der Waals surface area (Å²) in [5, 5.41) is 17.8. The summed E-state index contributed by atoms with van der Waals surface area (Å²) in [6.45, 7) is 18.4. The zero-order valence-corrected chi connectivity index (χ0v) is 31.3. The molecule has 1 aromatic rings. The molecule has 47 heavy (non-hydrogen) atoms. The molecule has 0 radical (unpaired) electrons. The second kappa shape index (κ2) is 21.0. The number of hydrogen-bond donors (Lipinski definition) is 3. The van der Waals surface area contributed by atoms with E-state index in [0.29, 0.717) is 44.1 Å². The van der Waals surface area contributed by atoms with Gasteiger partial charge in [-0.1, -0.05) is 33.8 Å². The highest BCUT2D eigenvalue weighted by atomic mass is 32.2. The molecule has 0 unspecified atom stereocenters. The number of carbonyl (C=O) groups is 2. The molecule has 2 amide bonds. The highest BCUT2D eigenvalue weighted by Crippen LogP contribution is 2.32. The molecule has 1 fully saturated rings. The normalized spacial score (nSPS) is 16.8. The van der Waals surface area contributed by atoms with E-state index >= 15 is 0 Å². The SMILES string of the molecule is COCCCOc1cc(C[C@@H](C[C@H](NC(=O)OC(C)(C)C)[C@@H](O)C[C@H](C(=O)NCCN2CCSCC2)C(C)C)C(C)C)ccc1OC. The van der Waals surface area contributed by atoms with Crippen molar-refractivity contribution < 1.29 is 33.6 Å². The Balaban J connectivity index is 2.20. The number of hydrogen-bond acceptors (Lipinski definition) is 9. The predicted octanol–water partition coefficient (Wildman–Crippen LogP) is 5.40. The van der Waals surface area contributed by atoms with Crippen LogP contribution >= 0.6 is 11.8 Å². The lowest BCUT2D eigenvalue weighted by atomic mass is 9.80. The van der Waals surface area contributed by atoms with Crippen LogP contribution in [0.5, 0.6) is 11.5 Å². The molecule has 11 heteroatoms. The summed E-state index contributed by atoms with van der Waals surface area (Å²) < 4.78 is 22.3. The number of thioether (sulfide) groups is 1. The van der Waals surface area contributed by atoms with E-state index in [1.807, 2.05) is 64.6 Å². The number of alkyl carbamates (subject to hydrolysis) is 1. The smallest absolute Gasteiger partial charge is 0.407 e. The van der Waals surface area contributed by atoms with Crippen molar-refractivity contribution >= 4 is 23.8 Å². The maximum atomic E-state index is 13.4. The Morgan fingerprint density at radius 3 is 2.30 bits per heavy atom. The van der Waals surface area contributed by atoms with E-state index in [-0.39, 0.29) is 30.1 Å². The Bertz CT molecular complexity index is 1060. The lowest BCUT2D eigenvalue weighted by Crippen LogP contribution is -2.49. The van der Waals surface area contributed by atoms with Crippen LogP contribution in [0.15, 0.2) is 18.2 Å². The van der Waals surface area contributed by atoms with Gasteiger partial charge in [0.1, 0.15) is 5.60 Å². The van der Waals surface area contributed by atoms with Gasteiger partial charge in [0.25, 0.3) is 0 Å². The van der Waals surface area contributed by atoms with Crippen LogP contribution in [-0.2, 0) is 20.7 Å². The molecule has 1 saturated heterocycles. The van der Waals surface area contributed by atoms with Crippen LogP contribution in [0, 0.1) is 23.7 Å². The van der Waals surface area contributed by atoms with Crippen LogP contribution in [-0.4, -0.2) is 105 Å². The van der Waals surface area contributed by atoms with Crippen molar-refractivity contribution in [2.24, 2.45) is 23.7 Å². The van der Waals surface area contributed by atoms with E-state index in [1.54, 1.807) is 14.2 Å². The number of ether oxygens (including phenoxy) is 4. The fourth-order valence-corrected chi connectivity index (χ4v) is 6.72. The van der Waals surface area contributed by atoms with E-state index in [2.05, 4.69) is 29.4 Å². The van der Waals surface area contributed by atoms with Crippen molar-refractivity contribution in [3.05, 3.63) is 23.8 Å². The lowest BCUT2D eigenvalue weighted by molar-refractivity contribution is -0.127. The molecule has 0 aromatic heterocycles. The Hall–Kier alpha value is -2.21. The van der Waals surface area contributed by atoms with Gasteiger partial charge in [0.2, 0.25) is 5.91 Å². The van der Waals surface area contributed by atoms with E-state index < -0.39 is 29.8 Å². The molecule has 0 spiro atoms. The summed E-state index contributed by atoms with van der Waals surface area (Å²) in [5.41, 5.74) is 0.385. The average Bonchev–Trinajstić information content (AvgIpc) is 3.00. The van der Waals surface area contributed by atoms with Crippen molar-refractivity contribution in [1.82, 2.24) is 15.5 Å². The summed E-state index contributed by atoms with van der Waals surface area (Å²) in [7, 11) is 3.30. The Kier molecular flexibility index (Phi) is 18.3. The lowest BCUT2D eigenvalue weighted by Gasteiger charge is -2.33. The second-order valence-electron chi connectivity index (χ2n) is 14.3. The molecule has 1 aliphatic heterocycles. The van der Waals surface area contributed by atoms with Gasteiger partial charge in [-0.05, 0) is 75.5 Å². The van der Waals surface area contributed by atoms with Gasteiger partial charge in [0.05, 0.1) is 25.9 Å². The van der Waals surface area contributed by atoms with Gasteiger partial charge in [-0.3, -0.25) is 9.69 Å². The quantitative estimate of drug-likeness (QED) is 0.156. The summed E-state index contributed by atoms with van der Waals surface area (Å²) in [6, 6.07) is 5.35.